The number of imidazole rings is 1. The summed E-state index contributed by atoms with van der Waals surface area (Å²) in [5, 5.41) is 9.82. The van der Waals surface area contributed by atoms with Crippen molar-refractivity contribution in [1.82, 2.24) is 14.0 Å². The molecule has 48 heavy (non-hydrogen) atoms. The summed E-state index contributed by atoms with van der Waals surface area (Å²) in [6.45, 7) is 6.53. The Bertz CT molecular complexity index is 2030. The fraction of sp³-hybridized carbons (Fsp3) is 0.225. The Kier molecular flexibility index (Phi) is 9.59. The molecule has 1 saturated heterocycles. The number of benzene rings is 5. The van der Waals surface area contributed by atoms with Gasteiger partial charge in [0.15, 0.2) is 0 Å². The van der Waals surface area contributed by atoms with E-state index >= 15 is 0 Å². The van der Waals surface area contributed by atoms with Gasteiger partial charge in [-0.25, -0.2) is 4.39 Å². The third-order valence-electron chi connectivity index (χ3n) is 9.14. The number of hydrogen-bond donors (Lipinski definition) is 1. The SMILES string of the molecule is N=c1n(CCCOc2ccc(F)cc2)c2ccccc2n1Cc1ccc(N2CCN(Cc3cc(Cl)ccc3-c3ccccc3)CC2)cc1. The number of halogens is 2. The maximum Gasteiger partial charge on any atom is 0.203 e. The molecule has 0 atom stereocenters. The van der Waals surface area contributed by atoms with Gasteiger partial charge in [0.05, 0.1) is 24.2 Å². The van der Waals surface area contributed by atoms with Crippen LogP contribution in [0.15, 0.2) is 121 Å². The number of para-hydroxylation sites is 2. The van der Waals surface area contributed by atoms with E-state index in [1.54, 1.807) is 12.1 Å². The predicted molar refractivity (Wildman–Crippen MR) is 192 cm³/mol. The molecular formula is C40H39ClFN5O. The number of piperazine rings is 1. The zero-order valence-corrected chi connectivity index (χ0v) is 27.6. The van der Waals surface area contributed by atoms with Gasteiger partial charge in [-0.2, -0.15) is 0 Å². The van der Waals surface area contributed by atoms with Crippen LogP contribution in [0.25, 0.3) is 22.2 Å². The molecule has 0 saturated carbocycles. The molecule has 0 aliphatic carbocycles. The largest absolute Gasteiger partial charge is 0.494 e. The van der Waals surface area contributed by atoms with Crippen LogP contribution in [0.2, 0.25) is 5.02 Å². The first-order chi connectivity index (χ1) is 23.5. The van der Waals surface area contributed by atoms with Crippen LogP contribution >= 0.6 is 11.6 Å². The van der Waals surface area contributed by atoms with Gasteiger partial charge in [-0.15, -0.1) is 0 Å². The normalized spacial score (nSPS) is 13.7. The molecule has 0 radical (unpaired) electrons. The van der Waals surface area contributed by atoms with E-state index in [-0.39, 0.29) is 5.82 Å². The van der Waals surface area contributed by atoms with Gasteiger partial charge < -0.3 is 18.8 Å². The van der Waals surface area contributed by atoms with Crippen molar-refractivity contribution >= 4 is 28.3 Å². The molecule has 0 bridgehead atoms. The number of aromatic nitrogens is 2. The second-order valence-corrected chi connectivity index (χ2v) is 12.7. The molecule has 2 heterocycles. The van der Waals surface area contributed by atoms with Gasteiger partial charge in [0, 0.05) is 50.0 Å². The number of aryl methyl sites for hydroxylation is 1. The molecule has 1 aromatic heterocycles. The molecule has 5 aromatic carbocycles. The molecule has 7 rings (SSSR count). The van der Waals surface area contributed by atoms with Crippen LogP contribution in [0, 0.1) is 11.2 Å². The highest BCUT2D eigenvalue weighted by Gasteiger charge is 2.19. The molecule has 6 nitrogen and oxygen atoms in total. The fourth-order valence-electron chi connectivity index (χ4n) is 6.62. The fourth-order valence-corrected chi connectivity index (χ4v) is 6.81. The first kappa shape index (κ1) is 31.7. The van der Waals surface area contributed by atoms with Crippen molar-refractivity contribution in [3.8, 4) is 16.9 Å². The zero-order valence-electron chi connectivity index (χ0n) is 26.9. The van der Waals surface area contributed by atoms with Gasteiger partial charge in [0.25, 0.3) is 0 Å². The predicted octanol–water partition coefficient (Wildman–Crippen LogP) is 8.22. The van der Waals surface area contributed by atoms with Crippen molar-refractivity contribution in [3.05, 3.63) is 149 Å². The van der Waals surface area contributed by atoms with Crippen molar-refractivity contribution in [2.75, 3.05) is 37.7 Å². The molecule has 1 aliphatic heterocycles. The van der Waals surface area contributed by atoms with E-state index in [1.165, 1.54) is 34.5 Å². The van der Waals surface area contributed by atoms with Crippen molar-refractivity contribution in [2.24, 2.45) is 0 Å². The molecule has 0 unspecified atom stereocenters. The Morgan fingerprint density at radius 3 is 2.12 bits per heavy atom. The van der Waals surface area contributed by atoms with Crippen molar-refractivity contribution in [1.29, 1.82) is 5.41 Å². The lowest BCUT2D eigenvalue weighted by atomic mass is 9.99. The summed E-state index contributed by atoms with van der Waals surface area (Å²) in [6.07, 6.45) is 0.733. The second kappa shape index (κ2) is 14.5. The van der Waals surface area contributed by atoms with E-state index in [4.69, 9.17) is 21.7 Å². The van der Waals surface area contributed by atoms with Crippen LogP contribution in [0.5, 0.6) is 5.75 Å². The minimum absolute atomic E-state index is 0.277. The van der Waals surface area contributed by atoms with Gasteiger partial charge in [-0.3, -0.25) is 10.3 Å². The van der Waals surface area contributed by atoms with Crippen LogP contribution in [-0.4, -0.2) is 46.8 Å². The van der Waals surface area contributed by atoms with E-state index in [0.29, 0.717) is 31.1 Å². The highest BCUT2D eigenvalue weighted by molar-refractivity contribution is 6.30. The maximum absolute atomic E-state index is 13.2. The van der Waals surface area contributed by atoms with E-state index < -0.39 is 0 Å². The minimum Gasteiger partial charge on any atom is -0.494 e. The monoisotopic (exact) mass is 659 g/mol. The molecule has 244 valence electrons. The van der Waals surface area contributed by atoms with E-state index in [1.807, 2.05) is 28.8 Å². The van der Waals surface area contributed by atoms with Gasteiger partial charge in [0.1, 0.15) is 11.6 Å². The van der Waals surface area contributed by atoms with E-state index in [0.717, 1.165) is 60.8 Å². The summed E-state index contributed by atoms with van der Waals surface area (Å²) in [5.74, 6) is 0.371. The number of nitrogens with one attached hydrogen (secondary N) is 1. The first-order valence-electron chi connectivity index (χ1n) is 16.5. The lowest BCUT2D eigenvalue weighted by Crippen LogP contribution is -2.46. The number of nitrogens with zero attached hydrogens (tertiary/aromatic N) is 4. The third-order valence-corrected chi connectivity index (χ3v) is 9.38. The highest BCUT2D eigenvalue weighted by atomic mass is 35.5. The van der Waals surface area contributed by atoms with Crippen LogP contribution in [0.4, 0.5) is 10.1 Å². The topological polar surface area (TPSA) is 49.4 Å². The molecule has 0 amide bonds. The second-order valence-electron chi connectivity index (χ2n) is 12.3. The van der Waals surface area contributed by atoms with Crippen LogP contribution in [0.3, 0.4) is 0 Å². The van der Waals surface area contributed by atoms with Crippen molar-refractivity contribution in [3.63, 3.8) is 0 Å². The summed E-state index contributed by atoms with van der Waals surface area (Å²) < 4.78 is 23.1. The van der Waals surface area contributed by atoms with Crippen molar-refractivity contribution in [2.45, 2.75) is 26.1 Å². The number of anilines is 1. The van der Waals surface area contributed by atoms with Gasteiger partial charge in [-0.05, 0) is 89.3 Å². The summed E-state index contributed by atoms with van der Waals surface area (Å²) in [6, 6.07) is 39.8. The van der Waals surface area contributed by atoms with Gasteiger partial charge in [-0.1, -0.05) is 72.3 Å². The summed E-state index contributed by atoms with van der Waals surface area (Å²) >= 11 is 6.42. The summed E-state index contributed by atoms with van der Waals surface area (Å²) in [5.41, 5.74) is 8.65. The Labute approximate surface area is 285 Å². The average molecular weight is 660 g/mol. The Hall–Kier alpha value is -4.85. The van der Waals surface area contributed by atoms with Crippen molar-refractivity contribution < 1.29 is 9.13 Å². The van der Waals surface area contributed by atoms with Crippen LogP contribution in [-0.2, 0) is 19.6 Å². The molecule has 1 fully saturated rings. The third kappa shape index (κ3) is 7.18. The lowest BCUT2D eigenvalue weighted by molar-refractivity contribution is 0.250. The molecule has 0 spiro atoms. The van der Waals surface area contributed by atoms with Gasteiger partial charge in [0.2, 0.25) is 5.62 Å². The van der Waals surface area contributed by atoms with Crippen LogP contribution < -0.4 is 15.3 Å². The van der Waals surface area contributed by atoms with E-state index in [9.17, 15) is 4.39 Å². The summed E-state index contributed by atoms with van der Waals surface area (Å²) in [4.78, 5) is 4.97. The Morgan fingerprint density at radius 1 is 0.708 bits per heavy atom. The lowest BCUT2D eigenvalue weighted by Gasteiger charge is -2.36. The Morgan fingerprint density at radius 2 is 1.40 bits per heavy atom. The molecule has 1 aliphatic rings. The van der Waals surface area contributed by atoms with E-state index in [2.05, 4.69) is 87.2 Å². The van der Waals surface area contributed by atoms with Crippen LogP contribution in [0.1, 0.15) is 17.5 Å². The maximum atomic E-state index is 13.2. The zero-order chi connectivity index (χ0) is 32.9. The smallest absolute Gasteiger partial charge is 0.203 e. The minimum atomic E-state index is -0.277. The number of rotatable bonds is 11. The average Bonchev–Trinajstić information content (AvgIpc) is 3.38. The highest BCUT2D eigenvalue weighted by Crippen LogP contribution is 2.28. The summed E-state index contributed by atoms with van der Waals surface area (Å²) in [7, 11) is 0. The quantitative estimate of drug-likeness (QED) is 0.143. The number of hydrogen-bond acceptors (Lipinski definition) is 4. The first-order valence-corrected chi connectivity index (χ1v) is 16.9. The van der Waals surface area contributed by atoms with Gasteiger partial charge >= 0.3 is 0 Å². The molecule has 6 aromatic rings. The molecule has 8 heteroatoms. The Balaban J connectivity index is 0.974. The molecule has 1 N–H and O–H groups in total. The number of fused-ring (bicyclic) bond motifs is 1. The standard InChI is InChI=1S/C40H39ClFN5O/c41-33-13-20-37(31-7-2-1-3-8-31)32(27-33)29-44-22-24-45(25-23-44)35-16-11-30(12-17-35)28-47-39-10-5-4-9-38(39)46(40(47)43)21-6-26-48-36-18-14-34(42)15-19-36/h1-5,7-20,27,43H,6,21-26,28-29H2. The molecular weight excluding hydrogens is 621 g/mol. The number of ether oxygens (including phenoxy) is 1.